The third-order valence-corrected chi connectivity index (χ3v) is 3.50. The molecule has 0 amide bonds. The molecule has 5 heteroatoms. The van der Waals surface area contributed by atoms with Gasteiger partial charge in [0.05, 0.1) is 3.79 Å². The molecule has 72 valence electrons. The first-order valence-electron chi connectivity index (χ1n) is 3.75. The minimum Gasteiger partial charge on any atom is -0.224 e. The Bertz CT molecular complexity index is 472. The maximum atomic E-state index is 13.4. The number of rotatable bonds is 1. The van der Waals surface area contributed by atoms with E-state index in [2.05, 4.69) is 20.9 Å². The molecular formula is C9H4BrClFNS. The molecule has 0 aliphatic rings. The SMILES string of the molecule is Fc1ccccc1-c1nc(Cl)sc1Br. The van der Waals surface area contributed by atoms with Gasteiger partial charge in [0.15, 0.2) is 4.47 Å². The van der Waals surface area contributed by atoms with Gasteiger partial charge in [-0.3, -0.25) is 0 Å². The van der Waals surface area contributed by atoms with Crippen molar-refractivity contribution in [2.75, 3.05) is 0 Å². The molecule has 0 saturated carbocycles. The number of hydrogen-bond donors (Lipinski definition) is 0. The van der Waals surface area contributed by atoms with Gasteiger partial charge in [0.25, 0.3) is 0 Å². The molecule has 0 N–H and O–H groups in total. The summed E-state index contributed by atoms with van der Waals surface area (Å²) in [6.07, 6.45) is 0. The Kier molecular flexibility index (Phi) is 2.85. The largest absolute Gasteiger partial charge is 0.224 e. The molecule has 2 aromatic rings. The Labute approximate surface area is 97.7 Å². The number of thiazole rings is 1. The van der Waals surface area contributed by atoms with Crippen LogP contribution in [-0.4, -0.2) is 4.98 Å². The second kappa shape index (κ2) is 3.96. The molecule has 0 aliphatic carbocycles. The van der Waals surface area contributed by atoms with E-state index in [4.69, 9.17) is 11.6 Å². The third kappa shape index (κ3) is 1.82. The molecule has 1 aromatic heterocycles. The summed E-state index contributed by atoms with van der Waals surface area (Å²) in [7, 11) is 0. The molecule has 0 bridgehead atoms. The van der Waals surface area contributed by atoms with Gasteiger partial charge >= 0.3 is 0 Å². The summed E-state index contributed by atoms with van der Waals surface area (Å²) >= 11 is 10.3. The Balaban J connectivity index is 2.60. The van der Waals surface area contributed by atoms with Crippen LogP contribution < -0.4 is 0 Å². The van der Waals surface area contributed by atoms with Crippen LogP contribution in [0.3, 0.4) is 0 Å². The van der Waals surface area contributed by atoms with Gasteiger partial charge in [-0.25, -0.2) is 9.37 Å². The van der Waals surface area contributed by atoms with Crippen molar-refractivity contribution in [1.82, 2.24) is 4.98 Å². The molecule has 1 nitrogen and oxygen atoms in total. The van der Waals surface area contributed by atoms with Gasteiger partial charge in [-0.15, -0.1) is 0 Å². The average molecular weight is 293 g/mol. The minimum atomic E-state index is -0.296. The highest BCUT2D eigenvalue weighted by Crippen LogP contribution is 2.35. The molecule has 1 aromatic carbocycles. The van der Waals surface area contributed by atoms with Crippen LogP contribution in [0.1, 0.15) is 0 Å². The Morgan fingerprint density at radius 1 is 1.36 bits per heavy atom. The molecule has 0 aliphatic heterocycles. The van der Waals surface area contributed by atoms with Crippen LogP contribution in [0, 0.1) is 5.82 Å². The average Bonchev–Trinajstić information content (AvgIpc) is 2.46. The molecule has 2 rings (SSSR count). The van der Waals surface area contributed by atoms with Crippen LogP contribution in [0.4, 0.5) is 4.39 Å². The Morgan fingerprint density at radius 3 is 2.64 bits per heavy atom. The summed E-state index contributed by atoms with van der Waals surface area (Å²) in [5, 5.41) is 0. The first-order chi connectivity index (χ1) is 6.68. The summed E-state index contributed by atoms with van der Waals surface area (Å²) in [5.41, 5.74) is 1.01. The first-order valence-corrected chi connectivity index (χ1v) is 5.74. The summed E-state index contributed by atoms with van der Waals surface area (Å²) < 4.78 is 14.5. The van der Waals surface area contributed by atoms with Gasteiger partial charge < -0.3 is 0 Å². The van der Waals surface area contributed by atoms with E-state index in [-0.39, 0.29) is 5.82 Å². The van der Waals surface area contributed by atoms with Crippen molar-refractivity contribution in [2.24, 2.45) is 0 Å². The number of benzene rings is 1. The lowest BCUT2D eigenvalue weighted by Crippen LogP contribution is -1.83. The highest BCUT2D eigenvalue weighted by molar-refractivity contribution is 9.11. The van der Waals surface area contributed by atoms with Crippen LogP contribution >= 0.6 is 38.9 Å². The molecule has 0 fully saturated rings. The highest BCUT2D eigenvalue weighted by Gasteiger charge is 2.12. The summed E-state index contributed by atoms with van der Waals surface area (Å²) in [5.74, 6) is -0.296. The number of aromatic nitrogens is 1. The van der Waals surface area contributed by atoms with Crippen molar-refractivity contribution in [3.63, 3.8) is 0 Å². The lowest BCUT2D eigenvalue weighted by Gasteiger charge is -1.98. The predicted molar refractivity (Wildman–Crippen MR) is 60.2 cm³/mol. The van der Waals surface area contributed by atoms with Crippen LogP contribution in [0.25, 0.3) is 11.3 Å². The summed E-state index contributed by atoms with van der Waals surface area (Å²) in [6, 6.07) is 6.47. The molecular weight excluding hydrogens is 289 g/mol. The van der Waals surface area contributed by atoms with Crippen molar-refractivity contribution >= 4 is 38.9 Å². The van der Waals surface area contributed by atoms with E-state index in [1.54, 1.807) is 18.2 Å². The van der Waals surface area contributed by atoms with E-state index in [9.17, 15) is 4.39 Å². The van der Waals surface area contributed by atoms with E-state index in [0.717, 1.165) is 3.79 Å². The standard InChI is InChI=1S/C9H4BrClFNS/c10-8-7(13-9(11)14-8)5-3-1-2-4-6(5)12/h1-4H. The van der Waals surface area contributed by atoms with Crippen molar-refractivity contribution in [3.05, 3.63) is 38.3 Å². The van der Waals surface area contributed by atoms with Gasteiger partial charge in [-0.05, 0) is 28.1 Å². The second-order valence-electron chi connectivity index (χ2n) is 2.57. The fraction of sp³-hybridized carbons (Fsp3) is 0. The zero-order chi connectivity index (χ0) is 10.1. The van der Waals surface area contributed by atoms with Gasteiger partial charge in [0.1, 0.15) is 11.5 Å². The maximum Gasteiger partial charge on any atom is 0.185 e. The van der Waals surface area contributed by atoms with Crippen LogP contribution in [0.2, 0.25) is 4.47 Å². The number of halogens is 3. The monoisotopic (exact) mass is 291 g/mol. The van der Waals surface area contributed by atoms with E-state index in [0.29, 0.717) is 15.7 Å². The second-order valence-corrected chi connectivity index (χ2v) is 5.47. The van der Waals surface area contributed by atoms with E-state index >= 15 is 0 Å². The van der Waals surface area contributed by atoms with E-state index in [1.807, 2.05) is 0 Å². The molecule has 1 heterocycles. The molecule has 0 spiro atoms. The lowest BCUT2D eigenvalue weighted by molar-refractivity contribution is 0.631. The van der Waals surface area contributed by atoms with Crippen molar-refractivity contribution in [2.45, 2.75) is 0 Å². The van der Waals surface area contributed by atoms with Crippen molar-refractivity contribution in [3.8, 4) is 11.3 Å². The van der Waals surface area contributed by atoms with Gasteiger partial charge in [-0.2, -0.15) is 0 Å². The molecule has 0 saturated heterocycles. The Hall–Kier alpha value is -0.450. The van der Waals surface area contributed by atoms with Crippen LogP contribution in [-0.2, 0) is 0 Å². The van der Waals surface area contributed by atoms with Gasteiger partial charge in [-0.1, -0.05) is 35.1 Å². The summed E-state index contributed by atoms with van der Waals surface area (Å²) in [4.78, 5) is 4.04. The molecule has 0 atom stereocenters. The topological polar surface area (TPSA) is 12.9 Å². The summed E-state index contributed by atoms with van der Waals surface area (Å²) in [6.45, 7) is 0. The maximum absolute atomic E-state index is 13.4. The molecule has 14 heavy (non-hydrogen) atoms. The normalized spacial score (nSPS) is 10.5. The fourth-order valence-electron chi connectivity index (χ4n) is 1.10. The third-order valence-electron chi connectivity index (χ3n) is 1.69. The number of nitrogens with zero attached hydrogens (tertiary/aromatic N) is 1. The smallest absolute Gasteiger partial charge is 0.185 e. The van der Waals surface area contributed by atoms with Crippen LogP contribution in [0.5, 0.6) is 0 Å². The highest BCUT2D eigenvalue weighted by atomic mass is 79.9. The lowest BCUT2D eigenvalue weighted by atomic mass is 10.2. The quantitative estimate of drug-likeness (QED) is 0.761. The predicted octanol–water partition coefficient (Wildman–Crippen LogP) is 4.37. The number of hydrogen-bond acceptors (Lipinski definition) is 2. The Morgan fingerprint density at radius 2 is 2.07 bits per heavy atom. The van der Waals surface area contributed by atoms with Crippen molar-refractivity contribution in [1.29, 1.82) is 0 Å². The first kappa shape index (κ1) is 10.1. The van der Waals surface area contributed by atoms with E-state index in [1.165, 1.54) is 17.4 Å². The molecule has 0 radical (unpaired) electrons. The van der Waals surface area contributed by atoms with Crippen LogP contribution in [0.15, 0.2) is 28.1 Å². The molecule has 0 unspecified atom stereocenters. The zero-order valence-electron chi connectivity index (χ0n) is 6.80. The fourth-order valence-corrected chi connectivity index (χ4v) is 2.99. The zero-order valence-corrected chi connectivity index (χ0v) is 9.96. The van der Waals surface area contributed by atoms with E-state index < -0.39 is 0 Å². The van der Waals surface area contributed by atoms with Gasteiger partial charge in [0.2, 0.25) is 0 Å². The minimum absolute atomic E-state index is 0.296. The van der Waals surface area contributed by atoms with Gasteiger partial charge in [0, 0.05) is 5.56 Å². The van der Waals surface area contributed by atoms with Crippen molar-refractivity contribution < 1.29 is 4.39 Å².